The van der Waals surface area contributed by atoms with Gasteiger partial charge in [0.05, 0.1) is 0 Å². The molecule has 7 aliphatic rings. The molecule has 11 aromatic carbocycles. The predicted molar refractivity (Wildman–Crippen MR) is 391 cm³/mol. The molecule has 92 heavy (non-hydrogen) atoms. The molecule has 0 N–H and O–H groups in total. The van der Waals surface area contributed by atoms with E-state index in [4.69, 9.17) is 0 Å². The standard InChI is InChI=1S/C90H74N2/c1-87(2)79-43-55(27-39-71(79)75-51-85-77(53-83(75)87)73-41-37-69(49-81(73)89(85,5)6)91(65-33-29-57-17-9-13-21-61(57)45-65)66-34-30-58-18-10-14-22-62(58)46-66)25-26-56-28-40-72-76-52-86-78(54-84(76)88(3,4)80(72)44-56)74-42-38-70(50-82(74)90(86,7)8)92(67-35-31-59-19-11-15-23-63(59)47-67)68-36-32-60-20-12-16-24-64(60)48-68/h9-31,33-52,54,60,83H,32,53H2,1-8H3/b26-25+. The summed E-state index contributed by atoms with van der Waals surface area (Å²) in [6.07, 6.45) is 23.2. The van der Waals surface area contributed by atoms with E-state index in [0.29, 0.717) is 11.8 Å². The Bertz CT molecular complexity index is 5230. The number of hydrogen-bond acceptors (Lipinski definition) is 2. The first-order valence-corrected chi connectivity index (χ1v) is 33.3. The summed E-state index contributed by atoms with van der Waals surface area (Å²) in [6.45, 7) is 19.6. The molecule has 0 aliphatic heterocycles. The molecule has 2 nitrogen and oxygen atoms in total. The third-order valence-electron chi connectivity index (χ3n) is 22.8. The second-order valence-electron chi connectivity index (χ2n) is 29.3. The Kier molecular flexibility index (Phi) is 11.8. The van der Waals surface area contributed by atoms with Crippen molar-refractivity contribution in [3.8, 4) is 22.3 Å². The van der Waals surface area contributed by atoms with E-state index >= 15 is 0 Å². The number of allylic oxidation sites excluding steroid dienone is 11. The molecule has 0 spiro atoms. The average molecular weight is 1180 g/mol. The molecule has 7 aliphatic carbocycles. The van der Waals surface area contributed by atoms with Crippen LogP contribution in [0.4, 0.5) is 28.4 Å². The fraction of sp³-hybridized carbons (Fsp3) is 0.178. The Morgan fingerprint density at radius 1 is 0.380 bits per heavy atom. The zero-order valence-electron chi connectivity index (χ0n) is 53.9. The van der Waals surface area contributed by atoms with E-state index in [1.165, 1.54) is 155 Å². The van der Waals surface area contributed by atoms with E-state index in [2.05, 4.69) is 332 Å². The Balaban J connectivity index is 0.628. The monoisotopic (exact) mass is 1180 g/mol. The quantitative estimate of drug-likeness (QED) is 0.140. The zero-order chi connectivity index (χ0) is 62.2. The highest BCUT2D eigenvalue weighted by Gasteiger charge is 2.49. The second kappa shape index (κ2) is 19.7. The van der Waals surface area contributed by atoms with Crippen LogP contribution in [0, 0.1) is 11.8 Å². The van der Waals surface area contributed by atoms with Crippen molar-refractivity contribution in [2.75, 3.05) is 9.80 Å². The number of nitrogens with zero attached hydrogens (tertiary/aromatic N) is 2. The highest BCUT2D eigenvalue weighted by atomic mass is 15.2. The molecule has 444 valence electrons. The smallest absolute Gasteiger partial charge is 0.0468 e. The summed E-state index contributed by atoms with van der Waals surface area (Å²) < 4.78 is 0. The highest BCUT2D eigenvalue weighted by Crippen LogP contribution is 2.62. The molecule has 2 heteroatoms. The molecule has 0 heterocycles. The minimum Gasteiger partial charge on any atom is -0.311 e. The maximum Gasteiger partial charge on any atom is 0.0468 e. The zero-order valence-corrected chi connectivity index (χ0v) is 53.9. The van der Waals surface area contributed by atoms with Crippen LogP contribution in [-0.2, 0) is 21.7 Å². The fourth-order valence-corrected chi connectivity index (χ4v) is 17.6. The van der Waals surface area contributed by atoms with Crippen LogP contribution >= 0.6 is 0 Å². The van der Waals surface area contributed by atoms with Gasteiger partial charge in [0, 0.05) is 56.3 Å². The van der Waals surface area contributed by atoms with Crippen LogP contribution in [0.2, 0.25) is 0 Å². The maximum absolute atomic E-state index is 2.61. The van der Waals surface area contributed by atoms with Crippen LogP contribution in [0.1, 0.15) is 124 Å². The van der Waals surface area contributed by atoms with E-state index in [0.717, 1.165) is 24.2 Å². The van der Waals surface area contributed by atoms with E-state index < -0.39 is 0 Å². The molecule has 2 atom stereocenters. The maximum atomic E-state index is 2.61. The van der Waals surface area contributed by atoms with Crippen LogP contribution < -0.4 is 9.80 Å². The van der Waals surface area contributed by atoms with Gasteiger partial charge in [-0.15, -0.1) is 0 Å². The predicted octanol–water partition coefficient (Wildman–Crippen LogP) is 23.9. The molecule has 2 unspecified atom stereocenters. The third-order valence-corrected chi connectivity index (χ3v) is 22.8. The number of anilines is 5. The van der Waals surface area contributed by atoms with Gasteiger partial charge in [-0.2, -0.15) is 0 Å². The van der Waals surface area contributed by atoms with Crippen LogP contribution in [0.15, 0.2) is 272 Å². The summed E-state index contributed by atoms with van der Waals surface area (Å²) in [4.78, 5) is 4.95. The number of fused-ring (bicyclic) bond motifs is 15. The van der Waals surface area contributed by atoms with Crippen LogP contribution in [0.3, 0.4) is 0 Å². The molecular weight excluding hydrogens is 1110 g/mol. The summed E-state index contributed by atoms with van der Waals surface area (Å²) in [7, 11) is 0. The molecule has 0 fully saturated rings. The van der Waals surface area contributed by atoms with Crippen LogP contribution in [0.25, 0.3) is 77.9 Å². The molecule has 0 saturated carbocycles. The first-order chi connectivity index (χ1) is 44.6. The Morgan fingerprint density at radius 3 is 1.42 bits per heavy atom. The summed E-state index contributed by atoms with van der Waals surface area (Å²) in [5.74, 6) is 0.813. The minimum absolute atomic E-state index is 0.0433. The second-order valence-corrected chi connectivity index (χ2v) is 29.3. The van der Waals surface area contributed by atoms with Crippen molar-refractivity contribution in [2.24, 2.45) is 11.8 Å². The largest absolute Gasteiger partial charge is 0.311 e. The summed E-state index contributed by atoms with van der Waals surface area (Å²) >= 11 is 0. The van der Waals surface area contributed by atoms with Crippen molar-refractivity contribution in [1.29, 1.82) is 0 Å². The van der Waals surface area contributed by atoms with Gasteiger partial charge in [-0.3, -0.25) is 0 Å². The van der Waals surface area contributed by atoms with Gasteiger partial charge in [-0.1, -0.05) is 244 Å². The van der Waals surface area contributed by atoms with Crippen LogP contribution in [0.5, 0.6) is 0 Å². The van der Waals surface area contributed by atoms with Gasteiger partial charge in [0.1, 0.15) is 0 Å². The molecule has 11 aromatic rings. The van der Waals surface area contributed by atoms with Crippen molar-refractivity contribution in [3.05, 3.63) is 327 Å². The first kappa shape index (κ1) is 54.9. The van der Waals surface area contributed by atoms with Gasteiger partial charge in [0.25, 0.3) is 0 Å². The lowest BCUT2D eigenvalue weighted by molar-refractivity contribution is 0.417. The lowest BCUT2D eigenvalue weighted by atomic mass is 9.70. The number of rotatable bonds is 8. The van der Waals surface area contributed by atoms with Crippen molar-refractivity contribution in [2.45, 2.75) is 89.9 Å². The Morgan fingerprint density at radius 2 is 0.837 bits per heavy atom. The molecule has 0 radical (unpaired) electrons. The van der Waals surface area contributed by atoms with E-state index in [9.17, 15) is 0 Å². The van der Waals surface area contributed by atoms with Crippen LogP contribution in [-0.4, -0.2) is 0 Å². The number of hydrogen-bond donors (Lipinski definition) is 0. The van der Waals surface area contributed by atoms with Crippen molar-refractivity contribution >= 4 is 84.1 Å². The van der Waals surface area contributed by atoms with Gasteiger partial charge in [-0.25, -0.2) is 0 Å². The van der Waals surface area contributed by atoms with Crippen molar-refractivity contribution < 1.29 is 0 Å². The Labute approximate surface area is 541 Å². The van der Waals surface area contributed by atoms with Gasteiger partial charge in [0.15, 0.2) is 0 Å². The van der Waals surface area contributed by atoms with E-state index in [-0.39, 0.29) is 21.7 Å². The summed E-state index contributed by atoms with van der Waals surface area (Å²) in [5.41, 5.74) is 31.6. The first-order valence-electron chi connectivity index (χ1n) is 33.3. The summed E-state index contributed by atoms with van der Waals surface area (Å²) in [6, 6.07) is 81.0. The molecular formula is C90H74N2. The molecule has 0 amide bonds. The van der Waals surface area contributed by atoms with Crippen molar-refractivity contribution in [3.63, 3.8) is 0 Å². The normalized spacial score (nSPS) is 19.2. The number of benzene rings is 11. The molecule has 0 saturated heterocycles. The third kappa shape index (κ3) is 8.18. The lowest BCUT2D eigenvalue weighted by Crippen LogP contribution is -2.26. The minimum atomic E-state index is -0.202. The molecule has 0 bridgehead atoms. The molecule has 0 aromatic heterocycles. The van der Waals surface area contributed by atoms with E-state index in [1.54, 1.807) is 0 Å². The van der Waals surface area contributed by atoms with Gasteiger partial charge >= 0.3 is 0 Å². The lowest BCUT2D eigenvalue weighted by Gasteiger charge is -2.33. The average Bonchev–Trinajstić information content (AvgIpc) is 1.55. The van der Waals surface area contributed by atoms with E-state index in [1.807, 2.05) is 0 Å². The topological polar surface area (TPSA) is 6.48 Å². The Hall–Kier alpha value is -10.0. The van der Waals surface area contributed by atoms with Crippen molar-refractivity contribution in [1.82, 2.24) is 0 Å². The van der Waals surface area contributed by atoms with Gasteiger partial charge in [-0.05, 0) is 236 Å². The van der Waals surface area contributed by atoms with Gasteiger partial charge in [0.2, 0.25) is 0 Å². The highest BCUT2D eigenvalue weighted by molar-refractivity contribution is 5.98. The SMILES string of the molecule is CC1(C)C2=C(CC3C(=C2)c2ccc(/C=C/c4ccc5c(c4)C(C)(C)c4cc6c(cc4-5)C(C)(C)c4cc(N(C5=CCC7C=CC=CC7=C5)c5ccc7ccccc7c5)ccc4-6)cc2C3(C)C)c2ccc(N(c3ccc4ccccc4c3)c3ccc4ccccc4c3)cc21. The summed E-state index contributed by atoms with van der Waals surface area (Å²) in [5, 5.41) is 7.48. The molecule has 18 rings (SSSR count). The fourth-order valence-electron chi connectivity index (χ4n) is 17.6. The van der Waals surface area contributed by atoms with Gasteiger partial charge < -0.3 is 9.80 Å².